The van der Waals surface area contributed by atoms with Crippen LogP contribution in [0, 0.1) is 17.3 Å². The maximum absolute atomic E-state index is 12.4. The summed E-state index contributed by atoms with van der Waals surface area (Å²) in [6, 6.07) is 0. The van der Waals surface area contributed by atoms with Crippen LogP contribution in [0.3, 0.4) is 0 Å². The highest BCUT2D eigenvalue weighted by molar-refractivity contribution is 6.04. The second kappa shape index (κ2) is 6.02. The maximum atomic E-state index is 12.4. The van der Waals surface area contributed by atoms with Crippen molar-refractivity contribution in [3.05, 3.63) is 0 Å². The van der Waals surface area contributed by atoms with Gasteiger partial charge in [0.25, 0.3) is 0 Å². The summed E-state index contributed by atoms with van der Waals surface area (Å²) in [5.41, 5.74) is -1.18. The van der Waals surface area contributed by atoms with E-state index in [1.807, 2.05) is 20.8 Å². The van der Waals surface area contributed by atoms with Crippen LogP contribution in [0.4, 0.5) is 0 Å². The predicted molar refractivity (Wildman–Crippen MR) is 64.3 cm³/mol. The number of rotatable bonds is 7. The molecule has 1 unspecified atom stereocenters. The van der Waals surface area contributed by atoms with Gasteiger partial charge in [0.05, 0.1) is 0 Å². The van der Waals surface area contributed by atoms with Gasteiger partial charge in [-0.3, -0.25) is 9.59 Å². The molecule has 0 rings (SSSR count). The topological polar surface area (TPSA) is 54.4 Å². The first-order valence-electron chi connectivity index (χ1n) is 6.15. The first kappa shape index (κ1) is 15.1. The lowest BCUT2D eigenvalue weighted by atomic mass is 9.70. The summed E-state index contributed by atoms with van der Waals surface area (Å²) in [6.45, 7) is 9.46. The molecule has 0 radical (unpaired) electrons. The van der Waals surface area contributed by atoms with Gasteiger partial charge < -0.3 is 5.11 Å². The van der Waals surface area contributed by atoms with Crippen LogP contribution in [0.25, 0.3) is 0 Å². The van der Waals surface area contributed by atoms with Gasteiger partial charge in [-0.1, -0.05) is 34.6 Å². The van der Waals surface area contributed by atoms with Gasteiger partial charge >= 0.3 is 5.97 Å². The largest absolute Gasteiger partial charge is 0.480 e. The summed E-state index contributed by atoms with van der Waals surface area (Å²) in [6.07, 6.45) is 1.47. The highest BCUT2D eigenvalue weighted by atomic mass is 16.4. The molecule has 0 fully saturated rings. The molecule has 0 aliphatic rings. The average Bonchev–Trinajstić information content (AvgIpc) is 2.20. The van der Waals surface area contributed by atoms with E-state index in [0.717, 1.165) is 0 Å². The van der Waals surface area contributed by atoms with Crippen LogP contribution in [0.1, 0.15) is 53.9 Å². The van der Waals surface area contributed by atoms with E-state index in [9.17, 15) is 14.7 Å². The molecule has 0 spiro atoms. The summed E-state index contributed by atoms with van der Waals surface area (Å²) in [4.78, 5) is 23.7. The van der Waals surface area contributed by atoms with Crippen molar-refractivity contribution in [2.45, 2.75) is 53.9 Å². The molecule has 0 saturated heterocycles. The van der Waals surface area contributed by atoms with Gasteiger partial charge in [-0.2, -0.15) is 0 Å². The Bertz CT molecular complexity index is 252. The number of carboxylic acid groups (broad SMARTS) is 1. The van der Waals surface area contributed by atoms with Crippen molar-refractivity contribution in [2.24, 2.45) is 17.3 Å². The molecule has 0 aliphatic carbocycles. The van der Waals surface area contributed by atoms with E-state index in [2.05, 4.69) is 0 Å². The van der Waals surface area contributed by atoms with Gasteiger partial charge in [-0.05, 0) is 25.2 Å². The van der Waals surface area contributed by atoms with Crippen molar-refractivity contribution >= 4 is 11.8 Å². The fourth-order valence-electron chi connectivity index (χ4n) is 2.32. The third-order valence-electron chi connectivity index (χ3n) is 3.67. The second-order valence-electron chi connectivity index (χ2n) is 4.72. The van der Waals surface area contributed by atoms with Crippen molar-refractivity contribution in [1.29, 1.82) is 0 Å². The highest BCUT2D eigenvalue weighted by Gasteiger charge is 2.45. The van der Waals surface area contributed by atoms with Gasteiger partial charge in [0.15, 0.2) is 5.78 Å². The summed E-state index contributed by atoms with van der Waals surface area (Å²) < 4.78 is 0. The fraction of sp³-hybridized carbons (Fsp3) is 0.846. The molecule has 0 aliphatic heterocycles. The normalized spacial score (nSPS) is 13.9. The van der Waals surface area contributed by atoms with E-state index < -0.39 is 11.4 Å². The number of ketones is 1. The van der Waals surface area contributed by atoms with Crippen molar-refractivity contribution in [2.75, 3.05) is 0 Å². The molecular formula is C13H24O3. The monoisotopic (exact) mass is 228 g/mol. The third kappa shape index (κ3) is 2.63. The van der Waals surface area contributed by atoms with Crippen LogP contribution in [-0.2, 0) is 9.59 Å². The van der Waals surface area contributed by atoms with Crippen molar-refractivity contribution in [3.63, 3.8) is 0 Å². The molecule has 3 nitrogen and oxygen atoms in total. The van der Waals surface area contributed by atoms with Gasteiger partial charge in [-0.25, -0.2) is 0 Å². The Labute approximate surface area is 98.2 Å². The molecule has 94 valence electrons. The van der Waals surface area contributed by atoms with Gasteiger partial charge in [0.2, 0.25) is 0 Å². The molecule has 1 atom stereocenters. The average molecular weight is 228 g/mol. The predicted octanol–water partition coefficient (Wildman–Crippen LogP) is 3.13. The summed E-state index contributed by atoms with van der Waals surface area (Å²) >= 11 is 0. The second-order valence-corrected chi connectivity index (χ2v) is 4.72. The van der Waals surface area contributed by atoms with Crippen molar-refractivity contribution < 1.29 is 14.7 Å². The number of Topliss-reactive ketones (excluding diaryl/α,β-unsaturated/α-hetero) is 1. The molecule has 0 bridgehead atoms. The van der Waals surface area contributed by atoms with Gasteiger partial charge in [-0.15, -0.1) is 0 Å². The summed E-state index contributed by atoms with van der Waals surface area (Å²) in [5, 5.41) is 9.30. The van der Waals surface area contributed by atoms with Gasteiger partial charge in [0, 0.05) is 5.92 Å². The Morgan fingerprint density at radius 2 is 1.56 bits per heavy atom. The highest BCUT2D eigenvalue weighted by Crippen LogP contribution is 2.34. The Morgan fingerprint density at radius 3 is 1.75 bits per heavy atom. The minimum absolute atomic E-state index is 0.0949. The summed E-state index contributed by atoms with van der Waals surface area (Å²) in [5.74, 6) is -1.01. The van der Waals surface area contributed by atoms with E-state index in [4.69, 9.17) is 0 Å². The zero-order valence-electron chi connectivity index (χ0n) is 11.0. The third-order valence-corrected chi connectivity index (χ3v) is 3.67. The maximum Gasteiger partial charge on any atom is 0.317 e. The molecule has 0 aromatic rings. The van der Waals surface area contributed by atoms with Crippen LogP contribution in [-0.4, -0.2) is 16.9 Å². The SMILES string of the molecule is CCC(C(=O)C(CC)(CC)C(=O)O)C(C)C. The molecule has 0 aromatic carbocycles. The van der Waals surface area contributed by atoms with Crippen LogP contribution in [0.5, 0.6) is 0 Å². The number of carbonyl (C=O) groups is 2. The number of hydrogen-bond acceptors (Lipinski definition) is 2. The number of carbonyl (C=O) groups excluding carboxylic acids is 1. The lowest BCUT2D eigenvalue weighted by Gasteiger charge is -2.31. The Morgan fingerprint density at radius 1 is 1.12 bits per heavy atom. The lowest BCUT2D eigenvalue weighted by molar-refractivity contribution is -0.157. The Balaban J connectivity index is 5.22. The number of hydrogen-bond donors (Lipinski definition) is 1. The van der Waals surface area contributed by atoms with E-state index in [0.29, 0.717) is 19.3 Å². The van der Waals surface area contributed by atoms with E-state index >= 15 is 0 Å². The standard InChI is InChI=1S/C13H24O3/c1-6-10(9(4)5)11(14)13(7-2,8-3)12(15)16/h9-10H,6-8H2,1-5H3,(H,15,16). The zero-order valence-corrected chi connectivity index (χ0v) is 11.0. The quantitative estimate of drug-likeness (QED) is 0.681. The molecule has 0 amide bonds. The number of carboxylic acids is 1. The molecule has 0 aromatic heterocycles. The van der Waals surface area contributed by atoms with Crippen LogP contribution < -0.4 is 0 Å². The van der Waals surface area contributed by atoms with Gasteiger partial charge in [0.1, 0.15) is 5.41 Å². The first-order chi connectivity index (χ1) is 7.37. The zero-order chi connectivity index (χ0) is 12.9. The van der Waals surface area contributed by atoms with Crippen LogP contribution in [0.2, 0.25) is 0 Å². The molecule has 1 N–H and O–H groups in total. The molecule has 16 heavy (non-hydrogen) atoms. The first-order valence-corrected chi connectivity index (χ1v) is 6.15. The number of aliphatic carboxylic acids is 1. The Kier molecular flexibility index (Phi) is 5.70. The van der Waals surface area contributed by atoms with E-state index in [-0.39, 0.29) is 17.6 Å². The fourth-order valence-corrected chi connectivity index (χ4v) is 2.32. The molecule has 0 heterocycles. The minimum Gasteiger partial charge on any atom is -0.480 e. The molecule has 0 saturated carbocycles. The minimum atomic E-state index is -1.18. The Hall–Kier alpha value is -0.860. The van der Waals surface area contributed by atoms with E-state index in [1.165, 1.54) is 0 Å². The molecule has 3 heteroatoms. The lowest BCUT2D eigenvalue weighted by Crippen LogP contribution is -2.43. The van der Waals surface area contributed by atoms with Crippen molar-refractivity contribution in [1.82, 2.24) is 0 Å². The van der Waals surface area contributed by atoms with Crippen molar-refractivity contribution in [3.8, 4) is 0 Å². The van der Waals surface area contributed by atoms with Crippen LogP contribution in [0.15, 0.2) is 0 Å². The summed E-state index contributed by atoms with van der Waals surface area (Å²) in [7, 11) is 0. The van der Waals surface area contributed by atoms with E-state index in [1.54, 1.807) is 13.8 Å². The molecular weight excluding hydrogens is 204 g/mol. The smallest absolute Gasteiger partial charge is 0.317 e. The van der Waals surface area contributed by atoms with Crippen LogP contribution >= 0.6 is 0 Å².